The molecular formula is C10H15N3O. The summed E-state index contributed by atoms with van der Waals surface area (Å²) in [5, 5.41) is 7.15. The van der Waals surface area contributed by atoms with Gasteiger partial charge in [0, 0.05) is 25.2 Å². The molecule has 0 saturated carbocycles. The minimum absolute atomic E-state index is 0.179. The van der Waals surface area contributed by atoms with Crippen molar-refractivity contribution in [2.75, 3.05) is 0 Å². The molecule has 4 nitrogen and oxygen atoms in total. The molecule has 1 saturated heterocycles. The Labute approximate surface area is 83.3 Å². The van der Waals surface area contributed by atoms with E-state index in [0.29, 0.717) is 12.5 Å². The Hall–Kier alpha value is -1.32. The molecule has 76 valence electrons. The van der Waals surface area contributed by atoms with Gasteiger partial charge in [-0.15, -0.1) is 0 Å². The normalized spacial score (nSPS) is 21.2. The van der Waals surface area contributed by atoms with Crippen molar-refractivity contribution >= 4 is 5.91 Å². The molecule has 1 atom stereocenters. The first-order valence-corrected chi connectivity index (χ1v) is 5.08. The van der Waals surface area contributed by atoms with Gasteiger partial charge in [-0.05, 0) is 25.3 Å². The molecule has 2 heterocycles. The highest BCUT2D eigenvalue weighted by Crippen LogP contribution is 2.12. The van der Waals surface area contributed by atoms with Gasteiger partial charge in [-0.3, -0.25) is 9.48 Å². The SMILES string of the molecule is CCn1cc(C[C@@H]2CCC(=O)N2)cn1. The second-order valence-corrected chi connectivity index (χ2v) is 3.71. The first-order chi connectivity index (χ1) is 6.78. The second kappa shape index (κ2) is 3.82. The zero-order valence-electron chi connectivity index (χ0n) is 8.36. The summed E-state index contributed by atoms with van der Waals surface area (Å²) in [5.74, 6) is 0.179. The number of rotatable bonds is 3. The molecule has 1 aromatic rings. The number of carbonyl (C=O) groups is 1. The molecule has 0 unspecified atom stereocenters. The van der Waals surface area contributed by atoms with Crippen LogP contribution in [0.1, 0.15) is 25.3 Å². The van der Waals surface area contributed by atoms with Crippen LogP contribution >= 0.6 is 0 Å². The Morgan fingerprint density at radius 2 is 2.57 bits per heavy atom. The van der Waals surface area contributed by atoms with Crippen molar-refractivity contribution in [2.45, 2.75) is 38.8 Å². The van der Waals surface area contributed by atoms with Crippen LogP contribution in [0.15, 0.2) is 12.4 Å². The molecule has 1 N–H and O–H groups in total. The predicted octanol–water partition coefficient (Wildman–Crippen LogP) is 0.724. The Bertz CT molecular complexity index is 332. The molecule has 1 aliphatic rings. The van der Waals surface area contributed by atoms with Gasteiger partial charge in [-0.25, -0.2) is 0 Å². The van der Waals surface area contributed by atoms with Crippen molar-refractivity contribution in [3.63, 3.8) is 0 Å². The lowest BCUT2D eigenvalue weighted by Crippen LogP contribution is -2.26. The maximum Gasteiger partial charge on any atom is 0.220 e. The third kappa shape index (κ3) is 1.95. The van der Waals surface area contributed by atoms with E-state index in [1.165, 1.54) is 5.56 Å². The van der Waals surface area contributed by atoms with Crippen LogP contribution in [0.4, 0.5) is 0 Å². The van der Waals surface area contributed by atoms with E-state index in [2.05, 4.69) is 17.3 Å². The lowest BCUT2D eigenvalue weighted by Gasteiger charge is -2.06. The molecular weight excluding hydrogens is 178 g/mol. The molecule has 0 aliphatic carbocycles. The van der Waals surface area contributed by atoms with Gasteiger partial charge in [0.15, 0.2) is 0 Å². The van der Waals surface area contributed by atoms with Crippen molar-refractivity contribution < 1.29 is 4.79 Å². The number of nitrogens with zero attached hydrogens (tertiary/aromatic N) is 2. The van der Waals surface area contributed by atoms with Gasteiger partial charge in [0.2, 0.25) is 5.91 Å². The molecule has 14 heavy (non-hydrogen) atoms. The van der Waals surface area contributed by atoms with Crippen molar-refractivity contribution in [3.05, 3.63) is 18.0 Å². The van der Waals surface area contributed by atoms with Crippen molar-refractivity contribution in [3.8, 4) is 0 Å². The number of nitrogens with one attached hydrogen (secondary N) is 1. The van der Waals surface area contributed by atoms with Crippen LogP contribution in [-0.2, 0) is 17.8 Å². The van der Waals surface area contributed by atoms with Gasteiger partial charge in [0.05, 0.1) is 6.20 Å². The third-order valence-electron chi connectivity index (χ3n) is 2.58. The summed E-state index contributed by atoms with van der Waals surface area (Å²) in [6, 6.07) is 0.317. The predicted molar refractivity (Wildman–Crippen MR) is 52.8 cm³/mol. The standard InChI is InChI=1S/C10H15N3O/c1-2-13-7-8(6-11-13)5-9-3-4-10(14)12-9/h6-7,9H,2-5H2,1H3,(H,12,14)/t9-/m0/s1. The second-order valence-electron chi connectivity index (χ2n) is 3.71. The van der Waals surface area contributed by atoms with E-state index in [1.807, 2.05) is 17.1 Å². The summed E-state index contributed by atoms with van der Waals surface area (Å²) >= 11 is 0. The van der Waals surface area contributed by atoms with Crippen molar-refractivity contribution in [1.29, 1.82) is 0 Å². The monoisotopic (exact) mass is 193 g/mol. The topological polar surface area (TPSA) is 46.9 Å². The molecule has 4 heteroatoms. The van der Waals surface area contributed by atoms with Crippen LogP contribution in [0.2, 0.25) is 0 Å². The quantitative estimate of drug-likeness (QED) is 0.769. The minimum atomic E-state index is 0.179. The summed E-state index contributed by atoms with van der Waals surface area (Å²) in [7, 11) is 0. The zero-order valence-corrected chi connectivity index (χ0v) is 8.36. The number of hydrogen-bond acceptors (Lipinski definition) is 2. The largest absolute Gasteiger partial charge is 0.353 e. The van der Waals surface area contributed by atoms with Gasteiger partial charge in [0.25, 0.3) is 0 Å². The molecule has 1 aromatic heterocycles. The number of hydrogen-bond donors (Lipinski definition) is 1. The number of aryl methyl sites for hydroxylation is 1. The average Bonchev–Trinajstić information content (AvgIpc) is 2.76. The van der Waals surface area contributed by atoms with Crippen LogP contribution in [0.3, 0.4) is 0 Å². The minimum Gasteiger partial charge on any atom is -0.353 e. The number of aromatic nitrogens is 2. The van der Waals surface area contributed by atoms with Gasteiger partial charge < -0.3 is 5.32 Å². The number of carbonyl (C=O) groups excluding carboxylic acids is 1. The molecule has 0 radical (unpaired) electrons. The summed E-state index contributed by atoms with van der Waals surface area (Å²) in [5.41, 5.74) is 1.21. The fourth-order valence-corrected chi connectivity index (χ4v) is 1.80. The fourth-order valence-electron chi connectivity index (χ4n) is 1.80. The Kier molecular flexibility index (Phi) is 2.52. The van der Waals surface area contributed by atoms with Gasteiger partial charge in [-0.1, -0.05) is 0 Å². The highest BCUT2D eigenvalue weighted by atomic mass is 16.1. The molecule has 0 spiro atoms. The Morgan fingerprint density at radius 3 is 3.14 bits per heavy atom. The summed E-state index contributed by atoms with van der Waals surface area (Å²) < 4.78 is 1.91. The van der Waals surface area contributed by atoms with E-state index in [0.717, 1.165) is 19.4 Å². The maximum atomic E-state index is 11.0. The van der Waals surface area contributed by atoms with Crippen LogP contribution < -0.4 is 5.32 Å². The average molecular weight is 193 g/mol. The van der Waals surface area contributed by atoms with Crippen molar-refractivity contribution in [1.82, 2.24) is 15.1 Å². The third-order valence-corrected chi connectivity index (χ3v) is 2.58. The Balaban J connectivity index is 1.93. The molecule has 0 aromatic carbocycles. The van der Waals surface area contributed by atoms with Crippen LogP contribution in [0.5, 0.6) is 0 Å². The van der Waals surface area contributed by atoms with E-state index in [9.17, 15) is 4.79 Å². The number of amides is 1. The van der Waals surface area contributed by atoms with E-state index in [-0.39, 0.29) is 5.91 Å². The summed E-state index contributed by atoms with van der Waals surface area (Å²) in [4.78, 5) is 11.0. The van der Waals surface area contributed by atoms with E-state index < -0.39 is 0 Å². The van der Waals surface area contributed by atoms with Gasteiger partial charge in [0.1, 0.15) is 0 Å². The molecule has 1 aliphatic heterocycles. The van der Waals surface area contributed by atoms with Crippen LogP contribution in [-0.4, -0.2) is 21.7 Å². The van der Waals surface area contributed by atoms with E-state index in [4.69, 9.17) is 0 Å². The van der Waals surface area contributed by atoms with Gasteiger partial charge >= 0.3 is 0 Å². The van der Waals surface area contributed by atoms with E-state index >= 15 is 0 Å². The van der Waals surface area contributed by atoms with Gasteiger partial charge in [-0.2, -0.15) is 5.10 Å². The van der Waals surface area contributed by atoms with Crippen LogP contribution in [0, 0.1) is 0 Å². The maximum absolute atomic E-state index is 11.0. The van der Waals surface area contributed by atoms with E-state index in [1.54, 1.807) is 0 Å². The molecule has 2 rings (SSSR count). The smallest absolute Gasteiger partial charge is 0.220 e. The lowest BCUT2D eigenvalue weighted by molar-refractivity contribution is -0.119. The molecule has 0 bridgehead atoms. The highest BCUT2D eigenvalue weighted by Gasteiger charge is 2.20. The molecule has 1 amide bonds. The highest BCUT2D eigenvalue weighted by molar-refractivity contribution is 5.78. The summed E-state index contributed by atoms with van der Waals surface area (Å²) in [6.07, 6.45) is 6.47. The Morgan fingerprint density at radius 1 is 1.71 bits per heavy atom. The van der Waals surface area contributed by atoms with Crippen LogP contribution in [0.25, 0.3) is 0 Å². The molecule has 1 fully saturated rings. The van der Waals surface area contributed by atoms with Crippen molar-refractivity contribution in [2.24, 2.45) is 0 Å². The zero-order chi connectivity index (χ0) is 9.97. The first-order valence-electron chi connectivity index (χ1n) is 5.08. The fraction of sp³-hybridized carbons (Fsp3) is 0.600. The summed E-state index contributed by atoms with van der Waals surface area (Å²) in [6.45, 7) is 2.96. The first kappa shape index (κ1) is 9.24. The lowest BCUT2D eigenvalue weighted by atomic mass is 10.1.